The van der Waals surface area contributed by atoms with Crippen molar-refractivity contribution in [1.82, 2.24) is 19.8 Å². The maximum Gasteiger partial charge on any atom is 0.170 e. The average molecular weight is 411 g/mol. The molecule has 1 fully saturated rings. The predicted molar refractivity (Wildman–Crippen MR) is 118 cm³/mol. The summed E-state index contributed by atoms with van der Waals surface area (Å²) in [6.07, 6.45) is 1.83. The lowest BCUT2D eigenvalue weighted by Gasteiger charge is -2.27. The summed E-state index contributed by atoms with van der Waals surface area (Å²) in [4.78, 5) is 6.84. The van der Waals surface area contributed by atoms with E-state index >= 15 is 0 Å². The van der Waals surface area contributed by atoms with Gasteiger partial charge in [0, 0.05) is 34.8 Å². The Kier molecular flexibility index (Phi) is 5.13. The minimum absolute atomic E-state index is 0.0157. The standard InChI is InChI=1S/C22H23ClN4S/c1-4-26-21(20(25-22(26)28)19-10-5-6-11-24-19)18-12-14(2)27(15(18)3)17-9-7-8-16(23)13-17/h5-13,20-21H,4H2,1-3H3,(H,25,28). The van der Waals surface area contributed by atoms with E-state index in [1.165, 1.54) is 17.0 Å². The highest BCUT2D eigenvalue weighted by molar-refractivity contribution is 7.80. The molecule has 0 saturated carbocycles. The lowest BCUT2D eigenvalue weighted by atomic mass is 9.97. The van der Waals surface area contributed by atoms with Crippen molar-refractivity contribution in [3.05, 3.63) is 82.4 Å². The molecule has 2 unspecified atom stereocenters. The predicted octanol–water partition coefficient (Wildman–Crippen LogP) is 5.13. The molecule has 4 rings (SSSR count). The van der Waals surface area contributed by atoms with Crippen LogP contribution in [-0.2, 0) is 0 Å². The summed E-state index contributed by atoms with van der Waals surface area (Å²) in [6.45, 7) is 7.26. The van der Waals surface area contributed by atoms with Crippen molar-refractivity contribution in [2.75, 3.05) is 6.54 Å². The molecule has 1 saturated heterocycles. The minimum atomic E-state index is 0.0157. The van der Waals surface area contributed by atoms with Gasteiger partial charge in [0.15, 0.2) is 5.11 Å². The molecule has 3 heterocycles. The van der Waals surface area contributed by atoms with Gasteiger partial charge in [-0.05, 0) is 75.0 Å². The van der Waals surface area contributed by atoms with Crippen molar-refractivity contribution in [2.24, 2.45) is 0 Å². The Bertz CT molecular complexity index is 1010. The first-order valence-electron chi connectivity index (χ1n) is 9.44. The van der Waals surface area contributed by atoms with Crippen molar-refractivity contribution in [1.29, 1.82) is 0 Å². The number of pyridine rings is 1. The third-order valence-electron chi connectivity index (χ3n) is 5.39. The van der Waals surface area contributed by atoms with Crippen LogP contribution >= 0.6 is 23.8 Å². The van der Waals surface area contributed by atoms with Gasteiger partial charge in [0.25, 0.3) is 0 Å². The van der Waals surface area contributed by atoms with E-state index in [4.69, 9.17) is 23.8 Å². The molecule has 0 spiro atoms. The van der Waals surface area contributed by atoms with Crippen LogP contribution in [0.1, 0.15) is 41.7 Å². The molecule has 2 atom stereocenters. The van der Waals surface area contributed by atoms with Crippen LogP contribution in [0.3, 0.4) is 0 Å². The highest BCUT2D eigenvalue weighted by Gasteiger charge is 2.40. The molecule has 0 bridgehead atoms. The SMILES string of the molecule is CCN1C(=S)NC(c2ccccn2)C1c1cc(C)n(-c2cccc(Cl)c2)c1C. The van der Waals surface area contributed by atoms with Crippen LogP contribution in [0.4, 0.5) is 0 Å². The van der Waals surface area contributed by atoms with E-state index in [0.29, 0.717) is 0 Å². The summed E-state index contributed by atoms with van der Waals surface area (Å²) in [7, 11) is 0. The third kappa shape index (κ3) is 3.19. The number of halogens is 1. The van der Waals surface area contributed by atoms with Crippen molar-refractivity contribution in [2.45, 2.75) is 32.9 Å². The minimum Gasteiger partial charge on any atom is -0.352 e. The fraction of sp³-hybridized carbons (Fsp3) is 0.273. The number of aryl methyl sites for hydroxylation is 1. The molecule has 0 amide bonds. The molecule has 144 valence electrons. The number of hydrogen-bond donors (Lipinski definition) is 1. The molecular weight excluding hydrogens is 388 g/mol. The number of thiocarbonyl (C=S) groups is 1. The zero-order chi connectivity index (χ0) is 19.8. The van der Waals surface area contributed by atoms with Crippen LogP contribution < -0.4 is 5.32 Å². The Morgan fingerprint density at radius 1 is 1.14 bits per heavy atom. The lowest BCUT2D eigenvalue weighted by molar-refractivity contribution is 0.329. The number of aromatic nitrogens is 2. The van der Waals surface area contributed by atoms with Gasteiger partial charge in [0.05, 0.1) is 17.8 Å². The smallest absolute Gasteiger partial charge is 0.170 e. The van der Waals surface area contributed by atoms with Crippen LogP contribution in [-0.4, -0.2) is 26.1 Å². The molecule has 1 aliphatic rings. The van der Waals surface area contributed by atoms with Crippen molar-refractivity contribution >= 4 is 28.9 Å². The van der Waals surface area contributed by atoms with Crippen LogP contribution in [0.5, 0.6) is 0 Å². The van der Waals surface area contributed by atoms with Crippen molar-refractivity contribution < 1.29 is 0 Å². The molecule has 4 nitrogen and oxygen atoms in total. The van der Waals surface area contributed by atoms with E-state index in [9.17, 15) is 0 Å². The van der Waals surface area contributed by atoms with Gasteiger partial charge in [-0.1, -0.05) is 23.7 Å². The van der Waals surface area contributed by atoms with Gasteiger partial charge >= 0.3 is 0 Å². The van der Waals surface area contributed by atoms with Gasteiger partial charge < -0.3 is 14.8 Å². The molecule has 28 heavy (non-hydrogen) atoms. The summed E-state index contributed by atoms with van der Waals surface area (Å²) in [6, 6.07) is 16.3. The molecule has 6 heteroatoms. The normalized spacial score (nSPS) is 19.1. The second-order valence-corrected chi connectivity index (χ2v) is 7.88. The lowest BCUT2D eigenvalue weighted by Crippen LogP contribution is -2.29. The number of nitrogens with zero attached hydrogens (tertiary/aromatic N) is 3. The third-order valence-corrected chi connectivity index (χ3v) is 5.98. The monoisotopic (exact) mass is 410 g/mol. The van der Waals surface area contributed by atoms with Gasteiger partial charge in [-0.2, -0.15) is 0 Å². The molecule has 0 aliphatic carbocycles. The number of rotatable bonds is 4. The summed E-state index contributed by atoms with van der Waals surface area (Å²) in [5.74, 6) is 0. The molecule has 2 aromatic heterocycles. The largest absolute Gasteiger partial charge is 0.352 e. The van der Waals surface area contributed by atoms with Gasteiger partial charge in [0.2, 0.25) is 0 Å². The van der Waals surface area contributed by atoms with E-state index < -0.39 is 0 Å². The first-order valence-corrected chi connectivity index (χ1v) is 10.2. The maximum atomic E-state index is 6.24. The number of nitrogens with one attached hydrogen (secondary N) is 1. The topological polar surface area (TPSA) is 33.1 Å². The average Bonchev–Trinajstić information content (AvgIpc) is 3.17. The molecular formula is C22H23ClN4S. The second kappa shape index (κ2) is 7.57. The fourth-order valence-corrected chi connectivity index (χ4v) is 4.74. The van der Waals surface area contributed by atoms with Crippen LogP contribution in [0.2, 0.25) is 5.02 Å². The number of hydrogen-bond acceptors (Lipinski definition) is 2. The number of likely N-dealkylation sites (N-methyl/N-ethyl adjacent to an activating group) is 1. The Hall–Kier alpha value is -2.37. The van der Waals surface area contributed by atoms with Gasteiger partial charge in [-0.3, -0.25) is 4.98 Å². The maximum absolute atomic E-state index is 6.24. The van der Waals surface area contributed by atoms with Gasteiger partial charge in [-0.25, -0.2) is 0 Å². The summed E-state index contributed by atoms with van der Waals surface area (Å²) >= 11 is 11.9. The van der Waals surface area contributed by atoms with Crippen LogP contribution in [0.25, 0.3) is 5.69 Å². The molecule has 3 aromatic rings. The van der Waals surface area contributed by atoms with Crippen LogP contribution in [0.15, 0.2) is 54.7 Å². The van der Waals surface area contributed by atoms with E-state index in [0.717, 1.165) is 28.1 Å². The van der Waals surface area contributed by atoms with E-state index in [-0.39, 0.29) is 12.1 Å². The summed E-state index contributed by atoms with van der Waals surface area (Å²) in [5.41, 5.74) is 5.68. The number of benzene rings is 1. The van der Waals surface area contributed by atoms with Crippen molar-refractivity contribution in [3.63, 3.8) is 0 Å². The Morgan fingerprint density at radius 3 is 2.64 bits per heavy atom. The quantitative estimate of drug-likeness (QED) is 0.604. The second-order valence-electron chi connectivity index (χ2n) is 7.05. The molecule has 0 radical (unpaired) electrons. The Morgan fingerprint density at radius 2 is 1.96 bits per heavy atom. The summed E-state index contributed by atoms with van der Waals surface area (Å²) in [5, 5.41) is 5.00. The van der Waals surface area contributed by atoms with Crippen molar-refractivity contribution in [3.8, 4) is 5.69 Å². The Labute approximate surface area is 176 Å². The summed E-state index contributed by atoms with van der Waals surface area (Å²) < 4.78 is 2.26. The first-order chi connectivity index (χ1) is 13.5. The van der Waals surface area contributed by atoms with E-state index in [1.807, 2.05) is 36.5 Å². The first kappa shape index (κ1) is 19.0. The zero-order valence-electron chi connectivity index (χ0n) is 16.2. The molecule has 1 aliphatic heterocycles. The Balaban J connectivity index is 1.84. The highest BCUT2D eigenvalue weighted by Crippen LogP contribution is 2.41. The molecule has 1 N–H and O–H groups in total. The van der Waals surface area contributed by atoms with Gasteiger partial charge in [0.1, 0.15) is 0 Å². The van der Waals surface area contributed by atoms with E-state index in [1.54, 1.807) is 0 Å². The van der Waals surface area contributed by atoms with Gasteiger partial charge in [-0.15, -0.1) is 0 Å². The highest BCUT2D eigenvalue weighted by atomic mass is 35.5. The fourth-order valence-electron chi connectivity index (χ4n) is 4.18. The zero-order valence-corrected chi connectivity index (χ0v) is 17.8. The molecule has 1 aromatic carbocycles. The van der Waals surface area contributed by atoms with Crippen LogP contribution in [0, 0.1) is 13.8 Å². The van der Waals surface area contributed by atoms with E-state index in [2.05, 4.69) is 58.7 Å².